The van der Waals surface area contributed by atoms with Gasteiger partial charge < -0.3 is 5.73 Å². The number of hydrogen-bond donors (Lipinski definition) is 1. The van der Waals surface area contributed by atoms with Crippen molar-refractivity contribution >= 4 is 23.4 Å². The molecule has 2 N–H and O–H groups in total. The lowest BCUT2D eigenvalue weighted by Crippen LogP contribution is -2.10. The molecule has 2 aromatic carbocycles. The molecule has 0 saturated heterocycles. The van der Waals surface area contributed by atoms with Gasteiger partial charge in [-0.15, -0.1) is 0 Å². The molecule has 3 heteroatoms. The fraction of sp³-hybridized carbons (Fsp3) is 0.333. The zero-order valence-corrected chi connectivity index (χ0v) is 14.4. The molecule has 21 heavy (non-hydrogen) atoms. The summed E-state index contributed by atoms with van der Waals surface area (Å²) in [5.41, 5.74) is 8.45. The lowest BCUT2D eigenvalue weighted by molar-refractivity contribution is 0.590. The van der Waals surface area contributed by atoms with Crippen LogP contribution in [0.5, 0.6) is 0 Å². The summed E-state index contributed by atoms with van der Waals surface area (Å²) in [5, 5.41) is 0.769. The maximum Gasteiger partial charge on any atom is 0.0409 e. The van der Waals surface area contributed by atoms with Crippen molar-refractivity contribution in [3.8, 4) is 0 Å². The van der Waals surface area contributed by atoms with E-state index in [0.29, 0.717) is 6.54 Å². The van der Waals surface area contributed by atoms with E-state index in [1.54, 1.807) is 11.8 Å². The molecule has 2 rings (SSSR count). The van der Waals surface area contributed by atoms with Crippen molar-refractivity contribution in [1.82, 2.24) is 0 Å². The van der Waals surface area contributed by atoms with Gasteiger partial charge in [-0.1, -0.05) is 56.3 Å². The fourth-order valence-electron chi connectivity index (χ4n) is 2.15. The first kappa shape index (κ1) is 16.4. The monoisotopic (exact) mass is 319 g/mol. The highest BCUT2D eigenvalue weighted by Gasteiger charge is 2.13. The Balaban J connectivity index is 2.22. The zero-order valence-electron chi connectivity index (χ0n) is 12.8. The molecular formula is C18H22ClNS. The van der Waals surface area contributed by atoms with E-state index in [2.05, 4.69) is 51.1 Å². The Morgan fingerprint density at radius 1 is 1.05 bits per heavy atom. The summed E-state index contributed by atoms with van der Waals surface area (Å²) < 4.78 is 0. The van der Waals surface area contributed by atoms with Crippen molar-refractivity contribution in [3.63, 3.8) is 0 Å². The van der Waals surface area contributed by atoms with E-state index < -0.39 is 0 Å². The van der Waals surface area contributed by atoms with Gasteiger partial charge in [0.25, 0.3) is 0 Å². The van der Waals surface area contributed by atoms with Gasteiger partial charge in [-0.2, -0.15) is 0 Å². The number of benzene rings is 2. The quantitative estimate of drug-likeness (QED) is 0.828. The minimum absolute atomic E-state index is 0.189. The van der Waals surface area contributed by atoms with Crippen LogP contribution in [0.3, 0.4) is 0 Å². The van der Waals surface area contributed by atoms with Crippen LogP contribution in [-0.4, -0.2) is 6.54 Å². The fourth-order valence-corrected chi connectivity index (χ4v) is 3.30. The summed E-state index contributed by atoms with van der Waals surface area (Å²) in [6.45, 7) is 7.33. The van der Waals surface area contributed by atoms with Gasteiger partial charge >= 0.3 is 0 Å². The van der Waals surface area contributed by atoms with E-state index in [9.17, 15) is 0 Å². The molecule has 0 amide bonds. The molecule has 0 aromatic heterocycles. The van der Waals surface area contributed by atoms with E-state index in [1.807, 2.05) is 12.1 Å². The largest absolute Gasteiger partial charge is 0.330 e. The minimum atomic E-state index is 0.189. The predicted octanol–water partition coefficient (Wildman–Crippen LogP) is 5.29. The van der Waals surface area contributed by atoms with Gasteiger partial charge in [-0.25, -0.2) is 0 Å². The molecule has 2 aromatic rings. The number of nitrogens with two attached hydrogens (primary N) is 1. The Labute approximate surface area is 136 Å². The van der Waals surface area contributed by atoms with E-state index in [-0.39, 0.29) is 5.41 Å². The predicted molar refractivity (Wildman–Crippen MR) is 93.5 cm³/mol. The normalized spacial score (nSPS) is 11.7. The number of hydrogen-bond acceptors (Lipinski definition) is 2. The summed E-state index contributed by atoms with van der Waals surface area (Å²) in [6, 6.07) is 14.8. The van der Waals surface area contributed by atoms with Crippen molar-refractivity contribution in [2.75, 3.05) is 6.54 Å². The third kappa shape index (κ3) is 4.50. The van der Waals surface area contributed by atoms with E-state index in [0.717, 1.165) is 11.4 Å². The molecule has 0 fully saturated rings. The van der Waals surface area contributed by atoms with Crippen LogP contribution in [0.15, 0.2) is 52.3 Å². The van der Waals surface area contributed by atoms with E-state index >= 15 is 0 Å². The summed E-state index contributed by atoms with van der Waals surface area (Å²) in [6.07, 6.45) is 0.850. The van der Waals surface area contributed by atoms with Crippen molar-refractivity contribution in [2.24, 2.45) is 5.73 Å². The van der Waals surface area contributed by atoms with Crippen LogP contribution in [0, 0.1) is 0 Å². The number of rotatable bonds is 4. The van der Waals surface area contributed by atoms with Crippen LogP contribution in [-0.2, 0) is 11.8 Å². The first-order chi connectivity index (χ1) is 9.90. The standard InChI is InChI=1S/C18H22ClNS/c1-18(2,3)14-4-7-16(8-5-14)21-17-9-6-15(19)12-13(17)10-11-20/h4-9,12H,10-11,20H2,1-3H3. The van der Waals surface area contributed by atoms with Gasteiger partial charge in [0, 0.05) is 14.8 Å². The average molecular weight is 320 g/mol. The van der Waals surface area contributed by atoms with Crippen LogP contribution in [0.4, 0.5) is 0 Å². The van der Waals surface area contributed by atoms with Crippen LogP contribution >= 0.6 is 23.4 Å². The smallest absolute Gasteiger partial charge is 0.0409 e. The second-order valence-electron chi connectivity index (χ2n) is 6.17. The molecule has 0 aliphatic heterocycles. The summed E-state index contributed by atoms with van der Waals surface area (Å²) in [4.78, 5) is 2.47. The Morgan fingerprint density at radius 2 is 1.71 bits per heavy atom. The van der Waals surface area contributed by atoms with Crippen LogP contribution in [0.25, 0.3) is 0 Å². The average Bonchev–Trinajstić information content (AvgIpc) is 2.42. The lowest BCUT2D eigenvalue weighted by atomic mass is 9.87. The van der Waals surface area contributed by atoms with Crippen molar-refractivity contribution in [3.05, 3.63) is 58.6 Å². The molecule has 0 spiro atoms. The Bertz CT molecular complexity index is 600. The SMILES string of the molecule is CC(C)(C)c1ccc(Sc2ccc(Cl)cc2CCN)cc1. The van der Waals surface area contributed by atoms with Crippen molar-refractivity contribution in [1.29, 1.82) is 0 Å². The Morgan fingerprint density at radius 3 is 2.29 bits per heavy atom. The number of halogens is 1. The molecule has 0 radical (unpaired) electrons. The second kappa shape index (κ2) is 6.87. The van der Waals surface area contributed by atoms with Gasteiger partial charge in [0.15, 0.2) is 0 Å². The van der Waals surface area contributed by atoms with E-state index in [1.165, 1.54) is 20.9 Å². The topological polar surface area (TPSA) is 26.0 Å². The van der Waals surface area contributed by atoms with Crippen LogP contribution in [0.1, 0.15) is 31.9 Å². The van der Waals surface area contributed by atoms with Crippen molar-refractivity contribution in [2.45, 2.75) is 42.4 Å². The molecule has 0 unspecified atom stereocenters. The summed E-state index contributed by atoms with van der Waals surface area (Å²) in [7, 11) is 0. The third-order valence-electron chi connectivity index (χ3n) is 3.38. The molecule has 0 atom stereocenters. The minimum Gasteiger partial charge on any atom is -0.330 e. The van der Waals surface area contributed by atoms with E-state index in [4.69, 9.17) is 17.3 Å². The summed E-state index contributed by atoms with van der Waals surface area (Å²) >= 11 is 7.84. The van der Waals surface area contributed by atoms with Gasteiger partial charge in [-0.05, 0) is 59.8 Å². The molecule has 0 aliphatic carbocycles. The molecule has 0 aliphatic rings. The Hall–Kier alpha value is -0.960. The maximum absolute atomic E-state index is 6.08. The maximum atomic E-state index is 6.08. The molecule has 0 heterocycles. The highest BCUT2D eigenvalue weighted by Crippen LogP contribution is 2.33. The van der Waals surface area contributed by atoms with Gasteiger partial charge in [0.2, 0.25) is 0 Å². The van der Waals surface area contributed by atoms with Crippen LogP contribution < -0.4 is 5.73 Å². The van der Waals surface area contributed by atoms with Gasteiger partial charge in [-0.3, -0.25) is 0 Å². The van der Waals surface area contributed by atoms with Gasteiger partial charge in [0.1, 0.15) is 0 Å². The second-order valence-corrected chi connectivity index (χ2v) is 7.72. The molecule has 112 valence electrons. The molecule has 1 nitrogen and oxygen atoms in total. The van der Waals surface area contributed by atoms with Gasteiger partial charge in [0.05, 0.1) is 0 Å². The zero-order chi connectivity index (χ0) is 15.5. The van der Waals surface area contributed by atoms with Crippen molar-refractivity contribution < 1.29 is 0 Å². The highest BCUT2D eigenvalue weighted by molar-refractivity contribution is 7.99. The summed E-state index contributed by atoms with van der Waals surface area (Å²) in [5.74, 6) is 0. The molecule has 0 saturated carbocycles. The first-order valence-electron chi connectivity index (χ1n) is 7.17. The lowest BCUT2D eigenvalue weighted by Gasteiger charge is -2.19. The Kier molecular flexibility index (Phi) is 5.37. The highest BCUT2D eigenvalue weighted by atomic mass is 35.5. The molecular weight excluding hydrogens is 298 g/mol. The molecule has 0 bridgehead atoms. The van der Waals surface area contributed by atoms with Crippen LogP contribution in [0.2, 0.25) is 5.02 Å². The third-order valence-corrected chi connectivity index (χ3v) is 4.75. The first-order valence-corrected chi connectivity index (χ1v) is 8.36.